The number of carbonyl (C=O) groups excluding carboxylic acids is 1. The van der Waals surface area contributed by atoms with Crippen LogP contribution in [0.25, 0.3) is 16.7 Å². The summed E-state index contributed by atoms with van der Waals surface area (Å²) in [6, 6.07) is 13.0. The van der Waals surface area contributed by atoms with Crippen LogP contribution in [-0.2, 0) is 6.54 Å². The lowest BCUT2D eigenvalue weighted by molar-refractivity contribution is 0.102. The quantitative estimate of drug-likeness (QED) is 0.503. The summed E-state index contributed by atoms with van der Waals surface area (Å²) in [4.78, 5) is 24.8. The fraction of sp³-hybridized carbons (Fsp3) is 0.130. The van der Waals surface area contributed by atoms with Crippen molar-refractivity contribution in [3.63, 3.8) is 0 Å². The summed E-state index contributed by atoms with van der Waals surface area (Å²) in [5, 5.41) is 2.80. The highest BCUT2D eigenvalue weighted by Crippen LogP contribution is 2.44. The Kier molecular flexibility index (Phi) is 4.91. The molecule has 3 aromatic rings. The summed E-state index contributed by atoms with van der Waals surface area (Å²) in [6.45, 7) is 10.6. The predicted molar refractivity (Wildman–Crippen MR) is 118 cm³/mol. The molecule has 0 saturated carbocycles. The molecule has 4 rings (SSSR count). The second kappa shape index (κ2) is 7.67. The van der Waals surface area contributed by atoms with Crippen molar-refractivity contribution in [1.29, 1.82) is 0 Å². The number of pyridine rings is 1. The summed E-state index contributed by atoms with van der Waals surface area (Å²) in [6.07, 6.45) is 4.01. The molecule has 1 aromatic carbocycles. The van der Waals surface area contributed by atoms with Crippen molar-refractivity contribution in [1.82, 2.24) is 9.55 Å². The Hall–Kier alpha value is -3.80. The van der Waals surface area contributed by atoms with Crippen LogP contribution in [-0.4, -0.2) is 28.5 Å². The minimum Gasteiger partial charge on any atom is -0.325 e. The molecule has 0 fully saturated rings. The Balaban J connectivity index is 1.68. The Morgan fingerprint density at radius 3 is 2.72 bits per heavy atom. The second-order valence-electron chi connectivity index (χ2n) is 6.85. The number of aliphatic imine (C=N–C) groups is 2. The van der Waals surface area contributed by atoms with E-state index in [1.54, 1.807) is 18.3 Å². The third-order valence-corrected chi connectivity index (χ3v) is 5.05. The van der Waals surface area contributed by atoms with Crippen LogP contribution in [0.4, 0.5) is 11.6 Å². The molecule has 1 aliphatic heterocycles. The van der Waals surface area contributed by atoms with E-state index in [-0.39, 0.29) is 5.91 Å². The third kappa shape index (κ3) is 3.40. The molecule has 0 unspecified atom stereocenters. The molecule has 0 saturated heterocycles. The van der Waals surface area contributed by atoms with E-state index in [0.717, 1.165) is 46.7 Å². The van der Waals surface area contributed by atoms with Gasteiger partial charge >= 0.3 is 0 Å². The monoisotopic (exact) mass is 383 g/mol. The van der Waals surface area contributed by atoms with Crippen molar-refractivity contribution in [3.05, 3.63) is 72.1 Å². The maximum atomic E-state index is 12.5. The number of hydrogen-bond acceptors (Lipinski definition) is 3. The number of fused-ring (bicyclic) bond motifs is 1. The normalized spacial score (nSPS) is 12.9. The van der Waals surface area contributed by atoms with Crippen LogP contribution < -0.4 is 5.32 Å². The largest absolute Gasteiger partial charge is 0.325 e. The van der Waals surface area contributed by atoms with E-state index in [0.29, 0.717) is 11.4 Å². The molecule has 1 amide bonds. The van der Waals surface area contributed by atoms with Gasteiger partial charge in [-0.2, -0.15) is 0 Å². The highest BCUT2D eigenvalue weighted by Gasteiger charge is 2.26. The van der Waals surface area contributed by atoms with Gasteiger partial charge < -0.3 is 9.88 Å². The Labute approximate surface area is 169 Å². The first-order valence-electron chi connectivity index (χ1n) is 9.32. The summed E-state index contributed by atoms with van der Waals surface area (Å²) >= 11 is 0. The zero-order chi connectivity index (χ0) is 20.4. The van der Waals surface area contributed by atoms with E-state index in [1.165, 1.54) is 6.34 Å². The third-order valence-electron chi connectivity index (χ3n) is 5.05. The lowest BCUT2D eigenvalue weighted by Crippen LogP contribution is -2.12. The molecule has 6 heteroatoms. The lowest BCUT2D eigenvalue weighted by Gasteiger charge is -2.08. The van der Waals surface area contributed by atoms with Crippen molar-refractivity contribution in [2.24, 2.45) is 9.98 Å². The molecule has 0 aliphatic carbocycles. The molecule has 0 bridgehead atoms. The van der Waals surface area contributed by atoms with E-state index in [9.17, 15) is 4.79 Å². The number of nitrogens with zero attached hydrogens (tertiary/aromatic N) is 4. The molecule has 1 aliphatic rings. The SMILES string of the molecule is C=NC=Nc1c(C)c(-c2ccc(C(=O)Nc3ccccn3)cc2)c2n1CCC2=C. The fourth-order valence-corrected chi connectivity index (χ4v) is 3.71. The summed E-state index contributed by atoms with van der Waals surface area (Å²) in [7, 11) is 0. The zero-order valence-corrected chi connectivity index (χ0v) is 16.2. The molecule has 3 heterocycles. The molecule has 0 spiro atoms. The molecular weight excluding hydrogens is 362 g/mol. The Morgan fingerprint density at radius 2 is 2.03 bits per heavy atom. The number of nitrogens with one attached hydrogen (secondary N) is 1. The molecular formula is C23H21N5O. The standard InChI is InChI=1S/C23H21N5O/c1-15-11-13-28-21(15)20(16(2)22(28)26-14-24-3)17-7-9-18(10-8-17)23(29)27-19-6-4-5-12-25-19/h4-10,12,14H,1,3,11,13H2,2H3,(H,25,27,29). The van der Waals surface area contributed by atoms with Gasteiger partial charge in [0.15, 0.2) is 0 Å². The fourth-order valence-electron chi connectivity index (χ4n) is 3.71. The second-order valence-corrected chi connectivity index (χ2v) is 6.85. The highest BCUT2D eigenvalue weighted by atomic mass is 16.1. The van der Waals surface area contributed by atoms with E-state index in [4.69, 9.17) is 0 Å². The minimum atomic E-state index is -0.194. The Morgan fingerprint density at radius 1 is 1.24 bits per heavy atom. The van der Waals surface area contributed by atoms with Gasteiger partial charge in [-0.3, -0.25) is 9.79 Å². The summed E-state index contributed by atoms with van der Waals surface area (Å²) < 4.78 is 2.18. The highest BCUT2D eigenvalue weighted by molar-refractivity contribution is 6.04. The molecule has 0 radical (unpaired) electrons. The number of aromatic nitrogens is 2. The number of allylic oxidation sites excluding steroid dienone is 1. The van der Waals surface area contributed by atoms with Crippen molar-refractivity contribution >= 4 is 36.2 Å². The average molecular weight is 383 g/mol. The molecule has 0 atom stereocenters. The first kappa shape index (κ1) is 18.6. The van der Waals surface area contributed by atoms with Crippen LogP contribution in [0.15, 0.2) is 65.2 Å². The number of rotatable bonds is 5. The summed E-state index contributed by atoms with van der Waals surface area (Å²) in [5.74, 6) is 1.20. The van der Waals surface area contributed by atoms with Gasteiger partial charge in [0.1, 0.15) is 18.0 Å². The van der Waals surface area contributed by atoms with Gasteiger partial charge in [0.2, 0.25) is 0 Å². The van der Waals surface area contributed by atoms with Crippen LogP contribution >= 0.6 is 0 Å². The van der Waals surface area contributed by atoms with Crippen molar-refractivity contribution in [2.75, 3.05) is 5.32 Å². The molecule has 2 aromatic heterocycles. The molecule has 6 nitrogen and oxygen atoms in total. The van der Waals surface area contributed by atoms with Gasteiger partial charge in [0.05, 0.1) is 5.69 Å². The van der Waals surface area contributed by atoms with Crippen LogP contribution in [0.1, 0.15) is 28.0 Å². The maximum Gasteiger partial charge on any atom is 0.256 e. The lowest BCUT2D eigenvalue weighted by atomic mass is 9.97. The topological polar surface area (TPSA) is 71.6 Å². The van der Waals surface area contributed by atoms with Crippen LogP contribution in [0, 0.1) is 6.92 Å². The molecule has 29 heavy (non-hydrogen) atoms. The van der Waals surface area contributed by atoms with Crippen molar-refractivity contribution in [2.45, 2.75) is 19.9 Å². The van der Waals surface area contributed by atoms with Gasteiger partial charge in [-0.25, -0.2) is 9.98 Å². The smallest absolute Gasteiger partial charge is 0.256 e. The van der Waals surface area contributed by atoms with Gasteiger partial charge in [0.25, 0.3) is 5.91 Å². The summed E-state index contributed by atoms with van der Waals surface area (Å²) in [5.41, 5.74) is 5.95. The number of benzene rings is 1. The van der Waals surface area contributed by atoms with Crippen LogP contribution in [0.2, 0.25) is 0 Å². The first-order chi connectivity index (χ1) is 14.1. The van der Waals surface area contributed by atoms with Crippen molar-refractivity contribution < 1.29 is 4.79 Å². The Bertz CT molecular complexity index is 1120. The maximum absolute atomic E-state index is 12.5. The number of amides is 1. The van der Waals surface area contributed by atoms with Gasteiger partial charge in [-0.05, 0) is 55.5 Å². The van der Waals surface area contributed by atoms with Gasteiger partial charge in [0, 0.05) is 29.4 Å². The molecule has 144 valence electrons. The minimum absolute atomic E-state index is 0.194. The first-order valence-corrected chi connectivity index (χ1v) is 9.32. The van der Waals surface area contributed by atoms with Crippen LogP contribution in [0.5, 0.6) is 0 Å². The van der Waals surface area contributed by atoms with Crippen LogP contribution in [0.3, 0.4) is 0 Å². The number of carbonyl (C=O) groups is 1. The van der Waals surface area contributed by atoms with Crippen molar-refractivity contribution in [3.8, 4) is 11.1 Å². The average Bonchev–Trinajstić information content (AvgIpc) is 3.24. The van der Waals surface area contributed by atoms with Gasteiger partial charge in [-0.1, -0.05) is 24.8 Å². The van der Waals surface area contributed by atoms with Gasteiger partial charge in [-0.15, -0.1) is 0 Å². The van der Waals surface area contributed by atoms with E-state index < -0.39 is 0 Å². The number of anilines is 1. The molecule has 1 N–H and O–H groups in total. The van der Waals surface area contributed by atoms with E-state index in [1.807, 2.05) is 37.3 Å². The zero-order valence-electron chi connectivity index (χ0n) is 16.2. The van der Waals surface area contributed by atoms with E-state index in [2.05, 4.69) is 38.1 Å². The number of hydrogen-bond donors (Lipinski definition) is 1. The van der Waals surface area contributed by atoms with E-state index >= 15 is 0 Å². The predicted octanol–water partition coefficient (Wildman–Crippen LogP) is 4.89.